The van der Waals surface area contributed by atoms with E-state index in [1.54, 1.807) is 0 Å². The Morgan fingerprint density at radius 1 is 1.00 bits per heavy atom. The van der Waals surface area contributed by atoms with Crippen LogP contribution in [0.25, 0.3) is 0 Å². The van der Waals surface area contributed by atoms with Crippen molar-refractivity contribution in [2.45, 2.75) is 48.4 Å². The van der Waals surface area contributed by atoms with Gasteiger partial charge in [0.25, 0.3) is 0 Å². The van der Waals surface area contributed by atoms with E-state index in [2.05, 4.69) is 41.5 Å². The van der Waals surface area contributed by atoms with E-state index in [0.29, 0.717) is 0 Å². The van der Waals surface area contributed by atoms with Crippen LogP contribution in [0.1, 0.15) is 41.5 Å². The molecule has 0 spiro atoms. The van der Waals surface area contributed by atoms with E-state index in [4.69, 9.17) is 3.07 Å². The van der Waals surface area contributed by atoms with Gasteiger partial charge in [0.1, 0.15) is 0 Å². The topological polar surface area (TPSA) is 26.3 Å². The van der Waals surface area contributed by atoms with Crippen LogP contribution >= 0.6 is 0 Å². The van der Waals surface area contributed by atoms with Crippen LogP contribution in [0.5, 0.6) is 0 Å². The van der Waals surface area contributed by atoms with Gasteiger partial charge in [-0.05, 0) is 0 Å². The van der Waals surface area contributed by atoms with Crippen molar-refractivity contribution in [2.24, 2.45) is 5.92 Å². The monoisotopic (exact) mass is 343 g/mol. The molecule has 1 aliphatic carbocycles. The van der Waals surface area contributed by atoms with Gasteiger partial charge in [-0.15, -0.1) is 0 Å². The van der Waals surface area contributed by atoms with Gasteiger partial charge in [0.15, 0.2) is 0 Å². The first-order valence-electron chi connectivity index (χ1n) is 6.07. The van der Waals surface area contributed by atoms with Crippen LogP contribution in [0.4, 0.5) is 0 Å². The van der Waals surface area contributed by atoms with Crippen molar-refractivity contribution >= 4 is 26.1 Å². The molecule has 0 aromatic carbocycles. The minimum atomic E-state index is -2.29. The Balaban J connectivity index is 2.77. The van der Waals surface area contributed by atoms with E-state index in [1.165, 1.54) is 0 Å². The zero-order chi connectivity index (χ0) is 13.3. The molecule has 0 saturated carbocycles. The van der Waals surface area contributed by atoms with Crippen LogP contribution < -0.4 is 0 Å². The summed E-state index contributed by atoms with van der Waals surface area (Å²) >= 11 is -2.29. The molecule has 2 nitrogen and oxygen atoms in total. The van der Waals surface area contributed by atoms with E-state index in [-0.39, 0.29) is 18.7 Å². The second-order valence-electron chi connectivity index (χ2n) is 6.55. The Labute approximate surface area is 112 Å². The molecule has 0 unspecified atom stereocenters. The first kappa shape index (κ1) is 14.8. The van der Waals surface area contributed by atoms with Gasteiger partial charge in [0, 0.05) is 0 Å². The predicted molar refractivity (Wildman–Crippen MR) is 73.0 cm³/mol. The first-order chi connectivity index (χ1) is 7.62. The molecule has 0 bridgehead atoms. The van der Waals surface area contributed by atoms with E-state index in [1.807, 2.05) is 24.3 Å². The van der Waals surface area contributed by atoms with Crippen molar-refractivity contribution in [3.63, 3.8) is 0 Å². The number of carbonyl (C=O) groups excluding carboxylic acids is 1. The average molecular weight is 342 g/mol. The van der Waals surface area contributed by atoms with Crippen LogP contribution in [0, 0.1) is 5.92 Å². The summed E-state index contributed by atoms with van der Waals surface area (Å²) in [5.41, 5.74) is 0. The second kappa shape index (κ2) is 5.17. The van der Waals surface area contributed by atoms with Crippen molar-refractivity contribution in [3.05, 3.63) is 24.3 Å². The van der Waals surface area contributed by atoms with Crippen LogP contribution in [0.3, 0.4) is 0 Å². The standard InChI is InChI=1S/C6H6O2.2C4H9.Sn/c7-6(8)5-3-1-2-4-5;2*1-4(2)3;/h1-5H,(H,7,8);2*1-3H3;/q;;;+1/p-1. The Morgan fingerprint density at radius 2 is 1.41 bits per heavy atom. The SMILES string of the molecule is C[C](C)(C)[Sn]([O]C(=O)C1C=CC=C1)[C](C)(C)C. The number of rotatable bonds is 2. The molecule has 0 fully saturated rings. The Morgan fingerprint density at radius 3 is 1.76 bits per heavy atom. The van der Waals surface area contributed by atoms with Crippen LogP contribution in [0.15, 0.2) is 24.3 Å². The summed E-state index contributed by atoms with van der Waals surface area (Å²) in [6, 6.07) is 0. The summed E-state index contributed by atoms with van der Waals surface area (Å²) < 4.78 is 6.20. The second-order valence-corrected chi connectivity index (χ2v) is 17.6. The molecule has 0 saturated heterocycles. The van der Waals surface area contributed by atoms with Crippen molar-refractivity contribution in [1.82, 2.24) is 0 Å². The zero-order valence-electron chi connectivity index (χ0n) is 11.7. The maximum atomic E-state index is 12.1. The average Bonchev–Trinajstić information content (AvgIpc) is 2.62. The molecule has 3 heteroatoms. The van der Waals surface area contributed by atoms with E-state index in [0.717, 1.165) is 0 Å². The summed E-state index contributed by atoms with van der Waals surface area (Å²) in [7, 11) is 0. The minimum absolute atomic E-state index is 0.0609. The molecule has 1 rings (SSSR count). The van der Waals surface area contributed by atoms with Gasteiger partial charge in [-0.2, -0.15) is 0 Å². The number of hydrogen-bond acceptors (Lipinski definition) is 2. The van der Waals surface area contributed by atoms with Gasteiger partial charge in [0.05, 0.1) is 0 Å². The number of allylic oxidation sites excluding steroid dienone is 2. The fraction of sp³-hybridized carbons (Fsp3) is 0.643. The van der Waals surface area contributed by atoms with Gasteiger partial charge in [-0.25, -0.2) is 0 Å². The maximum absolute atomic E-state index is 12.1. The molecule has 1 radical (unpaired) electrons. The molecule has 17 heavy (non-hydrogen) atoms. The molecule has 0 aromatic rings. The van der Waals surface area contributed by atoms with Crippen molar-refractivity contribution in [2.75, 3.05) is 0 Å². The van der Waals surface area contributed by atoms with E-state index in [9.17, 15) is 4.79 Å². The van der Waals surface area contributed by atoms with Crippen molar-refractivity contribution < 1.29 is 7.87 Å². The third-order valence-corrected chi connectivity index (χ3v) is 11.5. The van der Waals surface area contributed by atoms with Gasteiger partial charge in [-0.1, -0.05) is 0 Å². The summed E-state index contributed by atoms with van der Waals surface area (Å²) in [4.78, 5) is 12.1. The zero-order valence-corrected chi connectivity index (χ0v) is 14.6. The fourth-order valence-corrected chi connectivity index (χ4v) is 11.3. The van der Waals surface area contributed by atoms with Crippen molar-refractivity contribution in [1.29, 1.82) is 0 Å². The van der Waals surface area contributed by atoms with Crippen LogP contribution in [-0.4, -0.2) is 26.1 Å². The van der Waals surface area contributed by atoms with Gasteiger partial charge >= 0.3 is 113 Å². The summed E-state index contributed by atoms with van der Waals surface area (Å²) in [5, 5.41) is 0. The first-order valence-corrected chi connectivity index (χ1v) is 10.1. The summed E-state index contributed by atoms with van der Waals surface area (Å²) in [6.45, 7) is 13.2. The normalized spacial score (nSPS) is 16.9. The Kier molecular flexibility index (Phi) is 4.50. The quantitative estimate of drug-likeness (QED) is 0.713. The molecule has 1 aliphatic rings. The van der Waals surface area contributed by atoms with Crippen LogP contribution in [0.2, 0.25) is 6.86 Å². The number of carbonyl (C=O) groups is 1. The molecular formula is C14H23O2Sn. The molecule has 95 valence electrons. The fourth-order valence-electron chi connectivity index (χ4n) is 2.19. The molecule has 0 amide bonds. The van der Waals surface area contributed by atoms with Gasteiger partial charge < -0.3 is 0 Å². The molecule has 0 N–H and O–H groups in total. The summed E-state index contributed by atoms with van der Waals surface area (Å²) in [6.07, 6.45) is 7.61. The predicted octanol–water partition coefficient (Wildman–Crippen LogP) is 3.86. The molecule has 0 aliphatic heterocycles. The molecule has 0 atom stereocenters. The molecule has 0 heterocycles. The third-order valence-electron chi connectivity index (χ3n) is 2.59. The molecular weight excluding hydrogens is 319 g/mol. The van der Waals surface area contributed by atoms with Crippen LogP contribution in [-0.2, 0) is 7.87 Å². The van der Waals surface area contributed by atoms with E-state index >= 15 is 0 Å². The van der Waals surface area contributed by atoms with Gasteiger partial charge in [0.2, 0.25) is 0 Å². The number of hydrogen-bond donors (Lipinski definition) is 0. The van der Waals surface area contributed by atoms with Crippen molar-refractivity contribution in [3.8, 4) is 0 Å². The summed E-state index contributed by atoms with van der Waals surface area (Å²) in [5.74, 6) is -0.218. The van der Waals surface area contributed by atoms with E-state index < -0.39 is 20.2 Å². The van der Waals surface area contributed by atoms with Gasteiger partial charge in [-0.3, -0.25) is 0 Å². The molecule has 0 aromatic heterocycles. The Bertz CT molecular complexity index is 316. The third kappa shape index (κ3) is 4.16. The Hall–Kier alpha value is -0.251.